The van der Waals surface area contributed by atoms with Gasteiger partial charge in [0.05, 0.1) is 18.5 Å². The summed E-state index contributed by atoms with van der Waals surface area (Å²) in [7, 11) is 1.39. The molecule has 0 bridgehead atoms. The number of nitro benzene ring substituents is 1. The van der Waals surface area contributed by atoms with Gasteiger partial charge in [-0.05, 0) is 31.4 Å². The Kier molecular flexibility index (Phi) is 4.62. The van der Waals surface area contributed by atoms with Gasteiger partial charge in [-0.1, -0.05) is 6.07 Å². The molecule has 1 aliphatic rings. The first-order chi connectivity index (χ1) is 10.0. The number of para-hydroxylation sites is 1. The van der Waals surface area contributed by atoms with Crippen molar-refractivity contribution in [1.82, 2.24) is 0 Å². The number of benzene rings is 1. The molecular formula is C14H18N2O5. The van der Waals surface area contributed by atoms with Crippen molar-refractivity contribution in [2.75, 3.05) is 18.6 Å². The molecule has 21 heavy (non-hydrogen) atoms. The van der Waals surface area contributed by atoms with E-state index in [1.54, 1.807) is 12.1 Å². The van der Waals surface area contributed by atoms with Gasteiger partial charge >= 0.3 is 11.7 Å². The molecule has 0 aromatic heterocycles. The summed E-state index contributed by atoms with van der Waals surface area (Å²) in [5.41, 5.74) is 0.336. The number of methoxy groups -OCH3 is 1. The number of nitrogens with zero attached hydrogens (tertiary/aromatic N) is 2. The van der Waals surface area contributed by atoms with E-state index in [4.69, 9.17) is 9.84 Å². The summed E-state index contributed by atoms with van der Waals surface area (Å²) in [4.78, 5) is 23.7. The van der Waals surface area contributed by atoms with Gasteiger partial charge in [-0.25, -0.2) is 0 Å². The van der Waals surface area contributed by atoms with Gasteiger partial charge in [0.1, 0.15) is 5.69 Å². The van der Waals surface area contributed by atoms with Crippen molar-refractivity contribution in [3.63, 3.8) is 0 Å². The first-order valence-electron chi connectivity index (χ1n) is 6.84. The lowest BCUT2D eigenvalue weighted by molar-refractivity contribution is -0.385. The molecule has 7 nitrogen and oxygen atoms in total. The van der Waals surface area contributed by atoms with E-state index < -0.39 is 10.9 Å². The monoisotopic (exact) mass is 294 g/mol. The lowest BCUT2D eigenvalue weighted by Crippen LogP contribution is -2.41. The molecule has 1 saturated heterocycles. The van der Waals surface area contributed by atoms with Gasteiger partial charge in [0, 0.05) is 12.6 Å². The molecule has 1 N–H and O–H groups in total. The zero-order chi connectivity index (χ0) is 15.4. The fourth-order valence-corrected chi connectivity index (χ4v) is 2.82. The molecule has 1 fully saturated rings. The summed E-state index contributed by atoms with van der Waals surface area (Å²) in [6.45, 7) is 0.617. The number of carbonyl (C=O) groups is 1. The molecule has 0 spiro atoms. The smallest absolute Gasteiger partial charge is 0.333 e. The van der Waals surface area contributed by atoms with E-state index in [0.29, 0.717) is 12.2 Å². The summed E-state index contributed by atoms with van der Waals surface area (Å²) in [6.07, 6.45) is 2.53. The van der Waals surface area contributed by atoms with E-state index in [2.05, 4.69) is 0 Å². The summed E-state index contributed by atoms with van der Waals surface area (Å²) >= 11 is 0. The van der Waals surface area contributed by atoms with Gasteiger partial charge in [0.2, 0.25) is 0 Å². The van der Waals surface area contributed by atoms with E-state index in [9.17, 15) is 14.9 Å². The molecule has 1 heterocycles. The van der Waals surface area contributed by atoms with Crippen molar-refractivity contribution in [3.8, 4) is 5.75 Å². The molecule has 0 amide bonds. The summed E-state index contributed by atoms with van der Waals surface area (Å²) in [5, 5.41) is 20.4. The number of carboxylic acid groups (broad SMARTS) is 1. The molecule has 1 aromatic carbocycles. The summed E-state index contributed by atoms with van der Waals surface area (Å²) in [6, 6.07) is 4.66. The number of aliphatic carboxylic acids is 1. The maximum absolute atomic E-state index is 11.4. The molecule has 1 aromatic rings. The fraction of sp³-hybridized carbons (Fsp3) is 0.500. The number of hydrogen-bond acceptors (Lipinski definition) is 5. The quantitative estimate of drug-likeness (QED) is 0.662. The highest BCUT2D eigenvalue weighted by molar-refractivity contribution is 5.73. The Bertz CT molecular complexity index is 546. The average Bonchev–Trinajstić information content (AvgIpc) is 2.46. The normalized spacial score (nSPS) is 18.3. The van der Waals surface area contributed by atoms with Crippen LogP contribution >= 0.6 is 0 Å². The highest BCUT2D eigenvalue weighted by Gasteiger charge is 2.31. The number of hydrogen-bond donors (Lipinski definition) is 1. The van der Waals surface area contributed by atoms with Gasteiger partial charge in [-0.15, -0.1) is 0 Å². The van der Waals surface area contributed by atoms with E-state index in [1.807, 2.05) is 4.90 Å². The molecule has 1 atom stereocenters. The van der Waals surface area contributed by atoms with Crippen LogP contribution in [0.15, 0.2) is 18.2 Å². The first-order valence-corrected chi connectivity index (χ1v) is 6.84. The molecule has 0 saturated carbocycles. The van der Waals surface area contributed by atoms with E-state index in [-0.39, 0.29) is 23.9 Å². The van der Waals surface area contributed by atoms with Crippen molar-refractivity contribution in [1.29, 1.82) is 0 Å². The zero-order valence-corrected chi connectivity index (χ0v) is 11.8. The van der Waals surface area contributed by atoms with Gasteiger partial charge in [0.15, 0.2) is 5.75 Å². The van der Waals surface area contributed by atoms with Crippen LogP contribution in [0.2, 0.25) is 0 Å². The lowest BCUT2D eigenvalue weighted by Gasteiger charge is -2.36. The van der Waals surface area contributed by atoms with E-state index in [1.165, 1.54) is 13.2 Å². The van der Waals surface area contributed by atoms with Gasteiger partial charge < -0.3 is 14.7 Å². The van der Waals surface area contributed by atoms with Crippen LogP contribution in [0.25, 0.3) is 0 Å². The SMILES string of the molecule is COc1cccc(N2CCCCC2CC(=O)O)c1[N+](=O)[O-]. The van der Waals surface area contributed by atoms with Crippen LogP contribution < -0.4 is 9.64 Å². The minimum absolute atomic E-state index is 0.0195. The van der Waals surface area contributed by atoms with Crippen molar-refractivity contribution in [2.24, 2.45) is 0 Å². The number of rotatable bonds is 5. The third kappa shape index (κ3) is 3.24. The second kappa shape index (κ2) is 6.43. The molecule has 2 rings (SSSR count). The fourth-order valence-electron chi connectivity index (χ4n) is 2.82. The maximum Gasteiger partial charge on any atom is 0.333 e. The molecule has 114 valence electrons. The third-order valence-corrected chi connectivity index (χ3v) is 3.73. The van der Waals surface area contributed by atoms with Gasteiger partial charge in [0.25, 0.3) is 0 Å². The molecule has 7 heteroatoms. The number of nitro groups is 1. The first kappa shape index (κ1) is 15.1. The Morgan fingerprint density at radius 2 is 2.29 bits per heavy atom. The minimum atomic E-state index is -0.891. The highest BCUT2D eigenvalue weighted by atomic mass is 16.6. The number of anilines is 1. The maximum atomic E-state index is 11.4. The van der Waals surface area contributed by atoms with Crippen LogP contribution in [-0.4, -0.2) is 35.7 Å². The van der Waals surface area contributed by atoms with Crippen molar-refractivity contribution in [3.05, 3.63) is 28.3 Å². The number of carboxylic acids is 1. The highest BCUT2D eigenvalue weighted by Crippen LogP contribution is 2.39. The second-order valence-corrected chi connectivity index (χ2v) is 5.03. The Balaban J connectivity index is 2.42. The number of ether oxygens (including phenoxy) is 1. The minimum Gasteiger partial charge on any atom is -0.490 e. The Labute approximate surface area is 122 Å². The van der Waals surface area contributed by atoms with Crippen LogP contribution in [0, 0.1) is 10.1 Å². The van der Waals surface area contributed by atoms with Crippen molar-refractivity contribution >= 4 is 17.3 Å². The molecule has 0 aliphatic carbocycles. The molecule has 1 unspecified atom stereocenters. The summed E-state index contributed by atoms with van der Waals surface area (Å²) < 4.78 is 5.07. The lowest BCUT2D eigenvalue weighted by atomic mass is 9.98. The Morgan fingerprint density at radius 1 is 1.52 bits per heavy atom. The van der Waals surface area contributed by atoms with Crippen LogP contribution in [0.5, 0.6) is 5.75 Å². The number of piperidine rings is 1. The van der Waals surface area contributed by atoms with Gasteiger partial charge in [-0.2, -0.15) is 0 Å². The van der Waals surface area contributed by atoms with Crippen LogP contribution in [0.1, 0.15) is 25.7 Å². The molecular weight excluding hydrogens is 276 g/mol. The van der Waals surface area contributed by atoms with Crippen LogP contribution in [-0.2, 0) is 4.79 Å². The van der Waals surface area contributed by atoms with Gasteiger partial charge in [-0.3, -0.25) is 14.9 Å². The predicted molar refractivity (Wildman–Crippen MR) is 76.9 cm³/mol. The topological polar surface area (TPSA) is 92.9 Å². The van der Waals surface area contributed by atoms with Crippen LogP contribution in [0.3, 0.4) is 0 Å². The molecule has 1 aliphatic heterocycles. The third-order valence-electron chi connectivity index (χ3n) is 3.73. The Morgan fingerprint density at radius 3 is 2.90 bits per heavy atom. The summed E-state index contributed by atoms with van der Waals surface area (Å²) in [5.74, 6) is -0.699. The standard InChI is InChI=1S/C14H18N2O5/c1-21-12-7-4-6-11(14(12)16(19)20)15-8-3-2-5-10(15)9-13(17)18/h4,6-7,10H,2-3,5,8-9H2,1H3,(H,17,18). The molecule has 0 radical (unpaired) electrons. The van der Waals surface area contributed by atoms with Crippen molar-refractivity contribution in [2.45, 2.75) is 31.7 Å². The second-order valence-electron chi connectivity index (χ2n) is 5.03. The van der Waals surface area contributed by atoms with E-state index >= 15 is 0 Å². The van der Waals surface area contributed by atoms with Crippen LogP contribution in [0.4, 0.5) is 11.4 Å². The van der Waals surface area contributed by atoms with E-state index in [0.717, 1.165) is 19.3 Å². The largest absolute Gasteiger partial charge is 0.490 e. The zero-order valence-electron chi connectivity index (χ0n) is 11.8. The average molecular weight is 294 g/mol. The predicted octanol–water partition coefficient (Wildman–Crippen LogP) is 2.44. The Hall–Kier alpha value is -2.31. The van der Waals surface area contributed by atoms with Crippen molar-refractivity contribution < 1.29 is 19.6 Å².